The number of methoxy groups -OCH3 is 1. The zero-order valence-electron chi connectivity index (χ0n) is 10.7. The third kappa shape index (κ3) is 4.47. The van der Waals surface area contributed by atoms with Crippen LogP contribution in [0.2, 0.25) is 5.15 Å². The Morgan fingerprint density at radius 2 is 2.21 bits per heavy atom. The van der Waals surface area contributed by atoms with Gasteiger partial charge in [0.15, 0.2) is 0 Å². The zero-order valence-corrected chi connectivity index (χ0v) is 13.0. The van der Waals surface area contributed by atoms with E-state index in [1.807, 2.05) is 6.92 Å². The van der Waals surface area contributed by atoms with Crippen molar-refractivity contribution >= 4 is 39.4 Å². The maximum Gasteiger partial charge on any atom is 0.307 e. The molecule has 0 N–H and O–H groups in total. The van der Waals surface area contributed by atoms with Crippen molar-refractivity contribution in [3.63, 3.8) is 0 Å². The Labute approximate surface area is 125 Å². The fourth-order valence-corrected chi connectivity index (χ4v) is 1.99. The van der Waals surface area contributed by atoms with Crippen molar-refractivity contribution in [3.05, 3.63) is 27.5 Å². The molecule has 0 saturated carbocycles. The van der Waals surface area contributed by atoms with Gasteiger partial charge in [0.05, 0.1) is 19.1 Å². The predicted molar refractivity (Wildman–Crippen MR) is 75.2 cm³/mol. The number of esters is 1. The van der Waals surface area contributed by atoms with E-state index in [4.69, 9.17) is 11.6 Å². The zero-order chi connectivity index (χ0) is 14.4. The topological polar surface area (TPSA) is 59.5 Å². The highest BCUT2D eigenvalue weighted by Crippen LogP contribution is 2.19. The van der Waals surface area contributed by atoms with Gasteiger partial charge in [-0.3, -0.25) is 9.59 Å². The Morgan fingerprint density at radius 1 is 1.53 bits per heavy atom. The van der Waals surface area contributed by atoms with Gasteiger partial charge in [-0.15, -0.1) is 0 Å². The third-order valence-electron chi connectivity index (χ3n) is 2.52. The summed E-state index contributed by atoms with van der Waals surface area (Å²) in [4.78, 5) is 28.8. The first kappa shape index (κ1) is 15.9. The Morgan fingerprint density at radius 3 is 2.79 bits per heavy atom. The van der Waals surface area contributed by atoms with Gasteiger partial charge in [0, 0.05) is 23.8 Å². The number of carbonyl (C=O) groups excluding carboxylic acids is 2. The fourth-order valence-electron chi connectivity index (χ4n) is 1.47. The number of rotatable bonds is 5. The maximum atomic E-state index is 12.3. The van der Waals surface area contributed by atoms with Crippen LogP contribution in [0.4, 0.5) is 0 Å². The molecular formula is C12H14BrClN2O3. The maximum absolute atomic E-state index is 12.3. The van der Waals surface area contributed by atoms with Crippen molar-refractivity contribution in [1.29, 1.82) is 0 Å². The summed E-state index contributed by atoms with van der Waals surface area (Å²) >= 11 is 9.15. The Hall–Kier alpha value is -1.14. The van der Waals surface area contributed by atoms with E-state index in [0.717, 1.165) is 0 Å². The standard InChI is InChI=1S/C12H14BrClN2O3/c1-3-16(5-4-10(17)19-2)12(18)9-6-8(13)7-15-11(9)14/h6-7H,3-5H2,1-2H3. The van der Waals surface area contributed by atoms with Crippen LogP contribution >= 0.6 is 27.5 Å². The molecule has 0 aliphatic carbocycles. The molecule has 0 bridgehead atoms. The second kappa shape index (κ2) is 7.45. The Balaban J connectivity index is 2.83. The molecular weight excluding hydrogens is 336 g/mol. The van der Waals surface area contributed by atoms with E-state index >= 15 is 0 Å². The minimum atomic E-state index is -0.357. The molecule has 0 atom stereocenters. The molecule has 0 aliphatic heterocycles. The summed E-state index contributed by atoms with van der Waals surface area (Å²) in [6, 6.07) is 1.61. The summed E-state index contributed by atoms with van der Waals surface area (Å²) < 4.78 is 5.22. The quantitative estimate of drug-likeness (QED) is 0.605. The molecule has 7 heteroatoms. The number of halogens is 2. The van der Waals surface area contributed by atoms with Crippen LogP contribution in [0.15, 0.2) is 16.7 Å². The number of ether oxygens (including phenoxy) is 1. The molecule has 1 heterocycles. The summed E-state index contributed by atoms with van der Waals surface area (Å²) in [5.41, 5.74) is 0.308. The van der Waals surface area contributed by atoms with Crippen molar-refractivity contribution < 1.29 is 14.3 Å². The number of pyridine rings is 1. The van der Waals surface area contributed by atoms with E-state index in [-0.39, 0.29) is 30.0 Å². The Bertz CT molecular complexity index is 482. The second-order valence-corrected chi connectivity index (χ2v) is 4.98. The molecule has 0 spiro atoms. The summed E-state index contributed by atoms with van der Waals surface area (Å²) in [6.07, 6.45) is 1.67. The average molecular weight is 350 g/mol. The highest BCUT2D eigenvalue weighted by Gasteiger charge is 2.19. The van der Waals surface area contributed by atoms with Gasteiger partial charge in [-0.2, -0.15) is 0 Å². The van der Waals surface area contributed by atoms with E-state index in [0.29, 0.717) is 16.6 Å². The van der Waals surface area contributed by atoms with Crippen LogP contribution in [-0.4, -0.2) is 42.0 Å². The van der Waals surface area contributed by atoms with Crippen LogP contribution in [0.1, 0.15) is 23.7 Å². The van der Waals surface area contributed by atoms with Crippen LogP contribution in [0.5, 0.6) is 0 Å². The minimum absolute atomic E-state index is 0.143. The molecule has 1 aromatic heterocycles. The summed E-state index contributed by atoms with van der Waals surface area (Å²) in [5, 5.41) is 0.143. The first-order valence-corrected chi connectivity index (χ1v) is 6.83. The molecule has 19 heavy (non-hydrogen) atoms. The average Bonchev–Trinajstić information content (AvgIpc) is 2.41. The monoisotopic (exact) mass is 348 g/mol. The number of hydrogen-bond acceptors (Lipinski definition) is 4. The second-order valence-electron chi connectivity index (χ2n) is 3.70. The number of aromatic nitrogens is 1. The van der Waals surface area contributed by atoms with E-state index < -0.39 is 0 Å². The first-order valence-electron chi connectivity index (χ1n) is 5.66. The SMILES string of the molecule is CCN(CCC(=O)OC)C(=O)c1cc(Br)cnc1Cl. The molecule has 5 nitrogen and oxygen atoms in total. The van der Waals surface area contributed by atoms with Gasteiger partial charge in [0.2, 0.25) is 0 Å². The van der Waals surface area contributed by atoms with Gasteiger partial charge in [0.1, 0.15) is 5.15 Å². The smallest absolute Gasteiger partial charge is 0.307 e. The minimum Gasteiger partial charge on any atom is -0.469 e. The number of hydrogen-bond donors (Lipinski definition) is 0. The molecule has 0 unspecified atom stereocenters. The molecule has 0 fully saturated rings. The third-order valence-corrected chi connectivity index (χ3v) is 3.25. The number of nitrogens with zero attached hydrogens (tertiary/aromatic N) is 2. The molecule has 0 aliphatic rings. The van der Waals surface area contributed by atoms with Crippen LogP contribution in [0.25, 0.3) is 0 Å². The lowest BCUT2D eigenvalue weighted by Crippen LogP contribution is -2.33. The number of carbonyl (C=O) groups is 2. The van der Waals surface area contributed by atoms with E-state index in [2.05, 4.69) is 25.7 Å². The van der Waals surface area contributed by atoms with Crippen LogP contribution in [0.3, 0.4) is 0 Å². The molecule has 0 radical (unpaired) electrons. The lowest BCUT2D eigenvalue weighted by molar-refractivity contribution is -0.140. The first-order chi connectivity index (χ1) is 8.99. The molecule has 1 rings (SSSR count). The largest absolute Gasteiger partial charge is 0.469 e. The highest BCUT2D eigenvalue weighted by molar-refractivity contribution is 9.10. The molecule has 1 aromatic rings. The van der Waals surface area contributed by atoms with Crippen molar-refractivity contribution in [2.24, 2.45) is 0 Å². The van der Waals surface area contributed by atoms with Gasteiger partial charge >= 0.3 is 5.97 Å². The summed E-state index contributed by atoms with van der Waals surface area (Å²) in [6.45, 7) is 2.58. The lowest BCUT2D eigenvalue weighted by atomic mass is 10.2. The molecule has 1 amide bonds. The van der Waals surface area contributed by atoms with Gasteiger partial charge < -0.3 is 9.64 Å². The van der Waals surface area contributed by atoms with Crippen LogP contribution < -0.4 is 0 Å². The van der Waals surface area contributed by atoms with Gasteiger partial charge in [-0.05, 0) is 28.9 Å². The van der Waals surface area contributed by atoms with Crippen LogP contribution in [-0.2, 0) is 9.53 Å². The highest BCUT2D eigenvalue weighted by atomic mass is 79.9. The van der Waals surface area contributed by atoms with Crippen molar-refractivity contribution in [2.45, 2.75) is 13.3 Å². The normalized spacial score (nSPS) is 10.1. The van der Waals surface area contributed by atoms with Gasteiger partial charge in [0.25, 0.3) is 5.91 Å². The molecule has 0 aromatic carbocycles. The van der Waals surface area contributed by atoms with Gasteiger partial charge in [-0.25, -0.2) is 4.98 Å². The summed E-state index contributed by atoms with van der Waals surface area (Å²) in [7, 11) is 1.32. The van der Waals surface area contributed by atoms with Crippen LogP contribution in [0, 0.1) is 0 Å². The molecule has 104 valence electrons. The number of amides is 1. The molecule has 0 saturated heterocycles. The van der Waals surface area contributed by atoms with E-state index in [1.54, 1.807) is 6.07 Å². The van der Waals surface area contributed by atoms with Crippen molar-refractivity contribution in [3.8, 4) is 0 Å². The van der Waals surface area contributed by atoms with E-state index in [1.165, 1.54) is 18.2 Å². The summed E-state index contributed by atoms with van der Waals surface area (Å²) in [5.74, 6) is -0.616. The fraction of sp³-hybridized carbons (Fsp3) is 0.417. The Kier molecular flexibility index (Phi) is 6.24. The van der Waals surface area contributed by atoms with Gasteiger partial charge in [-0.1, -0.05) is 11.6 Å². The van der Waals surface area contributed by atoms with Crippen molar-refractivity contribution in [1.82, 2.24) is 9.88 Å². The van der Waals surface area contributed by atoms with Crippen molar-refractivity contribution in [2.75, 3.05) is 20.2 Å². The van der Waals surface area contributed by atoms with E-state index in [9.17, 15) is 9.59 Å². The predicted octanol–water partition coefficient (Wildman–Crippen LogP) is 2.52. The lowest BCUT2D eigenvalue weighted by Gasteiger charge is -2.20.